The predicted octanol–water partition coefficient (Wildman–Crippen LogP) is 2.75. The Morgan fingerprint density at radius 3 is 2.63 bits per heavy atom. The van der Waals surface area contributed by atoms with Crippen LogP contribution in [0.4, 0.5) is 5.69 Å². The Labute approximate surface area is 158 Å². The number of aryl methyl sites for hydroxylation is 1. The molecule has 1 saturated carbocycles. The molecule has 0 aliphatic heterocycles. The van der Waals surface area contributed by atoms with Crippen molar-refractivity contribution in [1.29, 1.82) is 0 Å². The number of anilines is 1. The summed E-state index contributed by atoms with van der Waals surface area (Å²) in [7, 11) is 1.54. The summed E-state index contributed by atoms with van der Waals surface area (Å²) in [4.78, 5) is 28.3. The standard InChI is InChI=1S/C20H24N4O3/c1-13-5-6-14(24-19(26)20(21)8-3-4-9-20)11-17(13)27-15-7-10-23-16(12-15)18(25)22-2/h5-7,10-12H,3-4,8-9,21H2,1-2H3,(H,22,25)(H,24,26). The fourth-order valence-corrected chi connectivity index (χ4v) is 3.13. The number of nitrogens with two attached hydrogens (primary N) is 1. The van der Waals surface area contributed by atoms with Crippen molar-refractivity contribution in [3.63, 3.8) is 0 Å². The normalized spacial score (nSPS) is 15.2. The molecular formula is C20H24N4O3. The number of nitrogens with one attached hydrogen (secondary N) is 2. The molecule has 1 aromatic heterocycles. The summed E-state index contributed by atoms with van der Waals surface area (Å²) in [6.07, 6.45) is 4.86. The lowest BCUT2D eigenvalue weighted by atomic mass is 9.98. The number of ether oxygens (including phenoxy) is 1. The Balaban J connectivity index is 1.78. The first-order chi connectivity index (χ1) is 12.9. The minimum atomic E-state index is -0.792. The zero-order valence-electron chi connectivity index (χ0n) is 15.5. The van der Waals surface area contributed by atoms with E-state index in [1.807, 2.05) is 19.1 Å². The van der Waals surface area contributed by atoms with E-state index in [0.29, 0.717) is 30.0 Å². The van der Waals surface area contributed by atoms with Crippen LogP contribution in [0.2, 0.25) is 0 Å². The molecule has 1 fully saturated rings. The largest absolute Gasteiger partial charge is 0.457 e. The Bertz CT molecular complexity index is 860. The third-order valence-corrected chi connectivity index (χ3v) is 4.81. The number of rotatable bonds is 5. The number of hydrogen-bond acceptors (Lipinski definition) is 5. The molecule has 4 N–H and O–H groups in total. The van der Waals surface area contributed by atoms with Gasteiger partial charge in [0.05, 0.1) is 5.54 Å². The van der Waals surface area contributed by atoms with E-state index in [0.717, 1.165) is 18.4 Å². The number of benzene rings is 1. The zero-order chi connectivity index (χ0) is 19.4. The summed E-state index contributed by atoms with van der Waals surface area (Å²) in [6.45, 7) is 1.91. The monoisotopic (exact) mass is 368 g/mol. The van der Waals surface area contributed by atoms with Crippen LogP contribution in [0, 0.1) is 6.92 Å². The molecule has 2 amide bonds. The number of nitrogens with zero attached hydrogens (tertiary/aromatic N) is 1. The maximum Gasteiger partial charge on any atom is 0.269 e. The second-order valence-corrected chi connectivity index (χ2v) is 6.86. The van der Waals surface area contributed by atoms with E-state index in [1.54, 1.807) is 25.2 Å². The van der Waals surface area contributed by atoms with Gasteiger partial charge in [-0.2, -0.15) is 0 Å². The van der Waals surface area contributed by atoms with Gasteiger partial charge in [0.2, 0.25) is 5.91 Å². The Kier molecular flexibility index (Phi) is 5.41. The third kappa shape index (κ3) is 4.25. The molecule has 2 aromatic rings. The second kappa shape index (κ2) is 7.75. The average Bonchev–Trinajstić information content (AvgIpc) is 3.12. The molecule has 3 rings (SSSR count). The maximum absolute atomic E-state index is 12.5. The Morgan fingerprint density at radius 1 is 1.19 bits per heavy atom. The molecule has 0 saturated heterocycles. The highest BCUT2D eigenvalue weighted by atomic mass is 16.5. The number of hydrogen-bond donors (Lipinski definition) is 3. The fourth-order valence-electron chi connectivity index (χ4n) is 3.13. The van der Waals surface area contributed by atoms with Gasteiger partial charge in [-0.1, -0.05) is 18.9 Å². The number of amides is 2. The number of carbonyl (C=O) groups excluding carboxylic acids is 2. The van der Waals surface area contributed by atoms with Crippen molar-refractivity contribution in [2.45, 2.75) is 38.1 Å². The first kappa shape index (κ1) is 18.8. The number of aromatic nitrogens is 1. The molecule has 0 unspecified atom stereocenters. The van der Waals surface area contributed by atoms with Crippen molar-refractivity contribution in [2.24, 2.45) is 5.73 Å². The lowest BCUT2D eigenvalue weighted by Gasteiger charge is -2.22. The fraction of sp³-hybridized carbons (Fsp3) is 0.350. The first-order valence-corrected chi connectivity index (χ1v) is 8.98. The maximum atomic E-state index is 12.5. The van der Waals surface area contributed by atoms with Crippen molar-refractivity contribution in [3.05, 3.63) is 47.8 Å². The first-order valence-electron chi connectivity index (χ1n) is 8.98. The van der Waals surface area contributed by atoms with Gasteiger partial charge in [-0.25, -0.2) is 0 Å². The van der Waals surface area contributed by atoms with Gasteiger partial charge in [-0.3, -0.25) is 14.6 Å². The number of carbonyl (C=O) groups is 2. The topological polar surface area (TPSA) is 106 Å². The smallest absolute Gasteiger partial charge is 0.269 e. The summed E-state index contributed by atoms with van der Waals surface area (Å²) in [5.74, 6) is 0.615. The van der Waals surface area contributed by atoms with Gasteiger partial charge in [-0.15, -0.1) is 0 Å². The van der Waals surface area contributed by atoms with Crippen molar-refractivity contribution in [3.8, 4) is 11.5 Å². The quantitative estimate of drug-likeness (QED) is 0.752. The Morgan fingerprint density at radius 2 is 1.93 bits per heavy atom. The average molecular weight is 368 g/mol. The predicted molar refractivity (Wildman–Crippen MR) is 103 cm³/mol. The Hall–Kier alpha value is -2.93. The van der Waals surface area contributed by atoms with E-state index in [9.17, 15) is 9.59 Å². The van der Waals surface area contributed by atoms with Crippen LogP contribution in [0.25, 0.3) is 0 Å². The molecule has 1 aliphatic rings. The summed E-state index contributed by atoms with van der Waals surface area (Å²) in [5.41, 5.74) is 7.21. The minimum absolute atomic E-state index is 0.166. The van der Waals surface area contributed by atoms with E-state index in [4.69, 9.17) is 10.5 Å². The van der Waals surface area contributed by atoms with E-state index >= 15 is 0 Å². The lowest BCUT2D eigenvalue weighted by Crippen LogP contribution is -2.48. The van der Waals surface area contributed by atoms with Gasteiger partial charge in [0.1, 0.15) is 17.2 Å². The molecule has 1 heterocycles. The van der Waals surface area contributed by atoms with Crippen LogP contribution in [-0.4, -0.2) is 29.4 Å². The van der Waals surface area contributed by atoms with E-state index in [1.165, 1.54) is 6.20 Å². The van der Waals surface area contributed by atoms with Gasteiger partial charge >= 0.3 is 0 Å². The van der Waals surface area contributed by atoms with Gasteiger partial charge in [-0.05, 0) is 37.5 Å². The van der Waals surface area contributed by atoms with E-state index in [-0.39, 0.29) is 17.5 Å². The van der Waals surface area contributed by atoms with Crippen molar-refractivity contribution >= 4 is 17.5 Å². The molecule has 0 spiro atoms. The third-order valence-electron chi connectivity index (χ3n) is 4.81. The summed E-state index contributed by atoms with van der Waals surface area (Å²) >= 11 is 0. The van der Waals surface area contributed by atoms with Crippen molar-refractivity contribution in [1.82, 2.24) is 10.3 Å². The zero-order valence-corrected chi connectivity index (χ0v) is 15.5. The van der Waals surface area contributed by atoms with Gasteiger partial charge in [0, 0.05) is 31.1 Å². The van der Waals surface area contributed by atoms with Crippen LogP contribution in [-0.2, 0) is 4.79 Å². The van der Waals surface area contributed by atoms with Crippen LogP contribution in [0.5, 0.6) is 11.5 Å². The highest BCUT2D eigenvalue weighted by Gasteiger charge is 2.37. The molecule has 7 nitrogen and oxygen atoms in total. The van der Waals surface area contributed by atoms with Gasteiger partial charge < -0.3 is 21.1 Å². The number of pyridine rings is 1. The summed E-state index contributed by atoms with van der Waals surface area (Å²) < 4.78 is 5.91. The van der Waals surface area contributed by atoms with Crippen LogP contribution in [0.1, 0.15) is 41.7 Å². The molecule has 142 valence electrons. The molecule has 1 aromatic carbocycles. The van der Waals surface area contributed by atoms with Gasteiger partial charge in [0.25, 0.3) is 5.91 Å². The van der Waals surface area contributed by atoms with Crippen molar-refractivity contribution in [2.75, 3.05) is 12.4 Å². The molecular weight excluding hydrogens is 344 g/mol. The molecule has 0 bridgehead atoms. The SMILES string of the molecule is CNC(=O)c1cc(Oc2cc(NC(=O)C3(N)CCCC3)ccc2C)ccn1. The van der Waals surface area contributed by atoms with Crippen LogP contribution in [0.3, 0.4) is 0 Å². The van der Waals surface area contributed by atoms with E-state index in [2.05, 4.69) is 15.6 Å². The van der Waals surface area contributed by atoms with E-state index < -0.39 is 5.54 Å². The molecule has 0 radical (unpaired) electrons. The highest BCUT2D eigenvalue weighted by Crippen LogP contribution is 2.31. The molecule has 1 aliphatic carbocycles. The van der Waals surface area contributed by atoms with Crippen LogP contribution < -0.4 is 21.1 Å². The molecule has 0 atom stereocenters. The second-order valence-electron chi connectivity index (χ2n) is 6.86. The summed E-state index contributed by atoms with van der Waals surface area (Å²) in [5, 5.41) is 5.42. The summed E-state index contributed by atoms with van der Waals surface area (Å²) in [6, 6.07) is 8.68. The lowest BCUT2D eigenvalue weighted by molar-refractivity contribution is -0.121. The minimum Gasteiger partial charge on any atom is -0.457 e. The van der Waals surface area contributed by atoms with Gasteiger partial charge in [0.15, 0.2) is 0 Å². The van der Waals surface area contributed by atoms with Crippen molar-refractivity contribution < 1.29 is 14.3 Å². The van der Waals surface area contributed by atoms with Crippen LogP contribution in [0.15, 0.2) is 36.5 Å². The van der Waals surface area contributed by atoms with Crippen LogP contribution >= 0.6 is 0 Å². The molecule has 7 heteroatoms. The molecule has 27 heavy (non-hydrogen) atoms. The highest BCUT2D eigenvalue weighted by molar-refractivity contribution is 5.98.